The second kappa shape index (κ2) is 7.73. The summed E-state index contributed by atoms with van der Waals surface area (Å²) in [4.78, 5) is 16.5. The summed E-state index contributed by atoms with van der Waals surface area (Å²) in [5, 5.41) is 2.79. The van der Waals surface area contributed by atoms with E-state index in [4.69, 9.17) is 4.74 Å². The van der Waals surface area contributed by atoms with Gasteiger partial charge in [-0.15, -0.1) is 11.3 Å². The first-order valence-corrected chi connectivity index (χ1v) is 9.21. The fourth-order valence-corrected chi connectivity index (χ4v) is 3.76. The summed E-state index contributed by atoms with van der Waals surface area (Å²) in [6.45, 7) is 2.83. The molecule has 1 aromatic carbocycles. The molecule has 3 rings (SSSR count). The van der Waals surface area contributed by atoms with Crippen molar-refractivity contribution >= 4 is 17.1 Å². The molecule has 23 heavy (non-hydrogen) atoms. The Labute approximate surface area is 141 Å². The number of aromatic nitrogens is 1. The molecule has 1 aromatic heterocycles. The molecule has 1 aliphatic rings. The average molecular weight is 329 g/mol. The number of aryl methyl sites for hydroxylation is 1. The molecule has 0 radical (unpaired) electrons. The Morgan fingerprint density at radius 3 is 2.87 bits per heavy atom. The van der Waals surface area contributed by atoms with Gasteiger partial charge in [0.1, 0.15) is 11.5 Å². The lowest BCUT2D eigenvalue weighted by molar-refractivity contribution is -0.117. The van der Waals surface area contributed by atoms with Crippen LogP contribution >= 0.6 is 11.3 Å². The molecule has 0 spiro atoms. The number of hydrogen-bond acceptors (Lipinski definition) is 4. The number of carbonyl (C=O) groups is 1. The van der Waals surface area contributed by atoms with Crippen molar-refractivity contribution in [3.63, 3.8) is 0 Å². The van der Waals surface area contributed by atoms with Crippen molar-refractivity contribution in [1.82, 2.24) is 4.98 Å². The number of nitrogens with zero attached hydrogens (tertiary/aromatic N) is 1. The molecule has 0 bridgehead atoms. The Morgan fingerprint density at radius 2 is 2.13 bits per heavy atom. The van der Waals surface area contributed by atoms with Crippen molar-refractivity contribution in [2.24, 2.45) is 5.92 Å². The first kappa shape index (κ1) is 16.2. The van der Waals surface area contributed by atoms with Crippen molar-refractivity contribution < 1.29 is 9.53 Å². The Morgan fingerprint density at radius 1 is 1.30 bits per heavy atom. The molecule has 1 aliphatic carbocycles. The number of Topliss-reactive ketones (excluding diaryl/α,β-unsaturated/α-hetero) is 1. The van der Waals surface area contributed by atoms with Gasteiger partial charge in [0.15, 0.2) is 0 Å². The van der Waals surface area contributed by atoms with Crippen molar-refractivity contribution in [2.75, 3.05) is 6.61 Å². The minimum Gasteiger partial charge on any atom is -0.493 e. The zero-order valence-electron chi connectivity index (χ0n) is 13.6. The summed E-state index contributed by atoms with van der Waals surface area (Å²) in [6.07, 6.45) is 7.75. The van der Waals surface area contributed by atoms with Crippen LogP contribution in [-0.2, 0) is 17.6 Å². The number of rotatable bonds is 7. The van der Waals surface area contributed by atoms with Crippen LogP contribution in [-0.4, -0.2) is 17.4 Å². The third kappa shape index (κ3) is 4.64. The molecule has 122 valence electrons. The van der Waals surface area contributed by atoms with Gasteiger partial charge in [-0.1, -0.05) is 25.0 Å². The Bertz CT molecular complexity index is 645. The van der Waals surface area contributed by atoms with Crippen molar-refractivity contribution in [3.8, 4) is 5.75 Å². The summed E-state index contributed by atoms with van der Waals surface area (Å²) in [5.74, 6) is 1.74. The first-order chi connectivity index (χ1) is 11.2. The lowest BCUT2D eigenvalue weighted by Gasteiger charge is -2.15. The van der Waals surface area contributed by atoms with Crippen LogP contribution < -0.4 is 4.74 Å². The van der Waals surface area contributed by atoms with E-state index < -0.39 is 0 Å². The third-order valence-electron chi connectivity index (χ3n) is 4.39. The van der Waals surface area contributed by atoms with Crippen LogP contribution in [0.1, 0.15) is 41.8 Å². The zero-order chi connectivity index (χ0) is 16.1. The van der Waals surface area contributed by atoms with E-state index in [1.807, 2.05) is 11.4 Å². The monoisotopic (exact) mass is 329 g/mol. The normalized spacial score (nSPS) is 15.0. The molecule has 4 heteroatoms. The number of ketones is 1. The third-order valence-corrected chi connectivity index (χ3v) is 5.17. The predicted molar refractivity (Wildman–Crippen MR) is 93.2 cm³/mol. The van der Waals surface area contributed by atoms with Gasteiger partial charge in [-0.2, -0.15) is 0 Å². The van der Waals surface area contributed by atoms with E-state index in [0.717, 1.165) is 22.9 Å². The molecular formula is C19H23NO2S. The number of hydrogen-bond donors (Lipinski definition) is 0. The number of thiazole rings is 1. The van der Waals surface area contributed by atoms with Crippen LogP contribution in [0, 0.1) is 12.8 Å². The highest BCUT2D eigenvalue weighted by atomic mass is 32.1. The standard InChI is InChI=1S/C19H23NO2S/c1-14-6-7-16(11-17(21)12-19-20-8-9-23-19)18(10-14)22-13-15-4-2-3-5-15/h6-10,15H,2-5,11-13H2,1H3. The van der Waals surface area contributed by atoms with E-state index in [2.05, 4.69) is 24.0 Å². The maximum absolute atomic E-state index is 12.3. The molecule has 2 aromatic rings. The molecule has 0 aliphatic heterocycles. The molecule has 1 fully saturated rings. The average Bonchev–Trinajstić information content (AvgIpc) is 3.21. The van der Waals surface area contributed by atoms with Crippen molar-refractivity contribution in [2.45, 2.75) is 45.4 Å². The highest BCUT2D eigenvalue weighted by Gasteiger charge is 2.17. The van der Waals surface area contributed by atoms with Crippen LogP contribution in [0.25, 0.3) is 0 Å². The van der Waals surface area contributed by atoms with Crippen LogP contribution in [0.4, 0.5) is 0 Å². The lowest BCUT2D eigenvalue weighted by atomic mass is 10.0. The second-order valence-corrected chi connectivity index (χ2v) is 7.37. The minimum atomic E-state index is 0.189. The van der Waals surface area contributed by atoms with Gasteiger partial charge in [0, 0.05) is 23.6 Å². The maximum Gasteiger partial charge on any atom is 0.144 e. The van der Waals surface area contributed by atoms with Gasteiger partial charge < -0.3 is 4.74 Å². The summed E-state index contributed by atoms with van der Waals surface area (Å²) in [6, 6.07) is 6.13. The van der Waals surface area contributed by atoms with Gasteiger partial charge in [0.05, 0.1) is 18.0 Å². The summed E-state index contributed by atoms with van der Waals surface area (Å²) in [7, 11) is 0. The van der Waals surface area contributed by atoms with E-state index in [9.17, 15) is 4.79 Å². The van der Waals surface area contributed by atoms with E-state index in [-0.39, 0.29) is 5.78 Å². The number of benzene rings is 1. The molecule has 0 amide bonds. The minimum absolute atomic E-state index is 0.189. The van der Waals surface area contributed by atoms with Gasteiger partial charge in [0.2, 0.25) is 0 Å². The van der Waals surface area contributed by atoms with E-state index >= 15 is 0 Å². The quantitative estimate of drug-likeness (QED) is 0.757. The summed E-state index contributed by atoms with van der Waals surface area (Å²) >= 11 is 1.53. The molecule has 3 nitrogen and oxygen atoms in total. The summed E-state index contributed by atoms with van der Waals surface area (Å²) < 4.78 is 6.07. The van der Waals surface area contributed by atoms with Gasteiger partial charge in [-0.3, -0.25) is 4.79 Å². The Hall–Kier alpha value is -1.68. The zero-order valence-corrected chi connectivity index (χ0v) is 14.4. The van der Waals surface area contributed by atoms with Gasteiger partial charge >= 0.3 is 0 Å². The highest BCUT2D eigenvalue weighted by molar-refractivity contribution is 7.09. The topological polar surface area (TPSA) is 39.2 Å². The maximum atomic E-state index is 12.3. The molecule has 0 N–H and O–H groups in total. The highest BCUT2D eigenvalue weighted by Crippen LogP contribution is 2.27. The molecule has 0 unspecified atom stereocenters. The van der Waals surface area contributed by atoms with Gasteiger partial charge in [-0.05, 0) is 37.3 Å². The van der Waals surface area contributed by atoms with Crippen LogP contribution in [0.5, 0.6) is 5.75 Å². The van der Waals surface area contributed by atoms with Crippen LogP contribution in [0.2, 0.25) is 0 Å². The van der Waals surface area contributed by atoms with Crippen molar-refractivity contribution in [1.29, 1.82) is 0 Å². The van der Waals surface area contributed by atoms with Gasteiger partial charge in [0.25, 0.3) is 0 Å². The van der Waals surface area contributed by atoms with Crippen LogP contribution in [0.3, 0.4) is 0 Å². The first-order valence-electron chi connectivity index (χ1n) is 8.33. The molecule has 1 saturated carbocycles. The van der Waals surface area contributed by atoms with E-state index in [1.165, 1.54) is 42.6 Å². The fourth-order valence-electron chi connectivity index (χ4n) is 3.11. The van der Waals surface area contributed by atoms with Gasteiger partial charge in [-0.25, -0.2) is 4.98 Å². The van der Waals surface area contributed by atoms with E-state index in [0.29, 0.717) is 18.8 Å². The number of ether oxygens (including phenoxy) is 1. The SMILES string of the molecule is Cc1ccc(CC(=O)Cc2nccs2)c(OCC2CCCC2)c1. The molecule has 1 heterocycles. The lowest BCUT2D eigenvalue weighted by Crippen LogP contribution is -2.12. The Balaban J connectivity index is 1.64. The predicted octanol–water partition coefficient (Wildman–Crippen LogP) is 4.37. The molecular weight excluding hydrogens is 306 g/mol. The Kier molecular flexibility index (Phi) is 5.44. The van der Waals surface area contributed by atoms with Crippen LogP contribution in [0.15, 0.2) is 29.8 Å². The molecule has 0 saturated heterocycles. The number of carbonyl (C=O) groups excluding carboxylic acids is 1. The molecule has 0 atom stereocenters. The second-order valence-electron chi connectivity index (χ2n) is 6.39. The van der Waals surface area contributed by atoms with E-state index in [1.54, 1.807) is 6.20 Å². The fraction of sp³-hybridized carbons (Fsp3) is 0.474. The summed E-state index contributed by atoms with van der Waals surface area (Å²) in [5.41, 5.74) is 2.16. The van der Waals surface area contributed by atoms with Crippen molar-refractivity contribution in [3.05, 3.63) is 45.9 Å². The largest absolute Gasteiger partial charge is 0.493 e. The smallest absolute Gasteiger partial charge is 0.144 e.